The Morgan fingerprint density at radius 1 is 1.37 bits per heavy atom. The number of non-ortho nitro benzene ring substituents is 1. The molecule has 2 heterocycles. The third kappa shape index (κ3) is 3.21. The lowest BCUT2D eigenvalue weighted by Gasteiger charge is -2.42. The highest BCUT2D eigenvalue weighted by Crippen LogP contribution is 2.43. The number of alkyl halides is 2. The minimum absolute atomic E-state index is 0.0323. The quantitative estimate of drug-likeness (QED) is 0.610. The molecule has 144 valence electrons. The van der Waals surface area contributed by atoms with Crippen molar-refractivity contribution in [3.05, 3.63) is 56.4 Å². The zero-order chi connectivity index (χ0) is 19.8. The molecule has 1 aliphatic heterocycles. The number of aromatic nitrogens is 2. The van der Waals surface area contributed by atoms with Crippen LogP contribution in [0.4, 0.5) is 14.5 Å². The molecule has 9 nitrogen and oxygen atoms in total. The molecule has 0 radical (unpaired) electrons. The highest BCUT2D eigenvalue weighted by molar-refractivity contribution is 5.48. The van der Waals surface area contributed by atoms with Gasteiger partial charge in [0.15, 0.2) is 11.7 Å². The van der Waals surface area contributed by atoms with Crippen LogP contribution in [0.15, 0.2) is 35.1 Å². The van der Waals surface area contributed by atoms with E-state index in [9.17, 15) is 28.8 Å². The van der Waals surface area contributed by atoms with Crippen molar-refractivity contribution in [1.82, 2.24) is 9.78 Å². The standard InChI is InChI=1S/C16H15F2N3O6/c1-20-13(22)5-4-12(19-20)26-14-10-6-9(21(24)25)2-3-11(10)27-16(7-17,8-18)15(14)23/h2-6,14-15,23H,7-8H2,1H3. The molecule has 0 fully saturated rings. The Labute approximate surface area is 150 Å². The Kier molecular flexibility index (Phi) is 4.79. The number of aliphatic hydroxyl groups is 1. The van der Waals surface area contributed by atoms with E-state index in [0.717, 1.165) is 22.9 Å². The summed E-state index contributed by atoms with van der Waals surface area (Å²) in [7, 11) is 1.36. The van der Waals surface area contributed by atoms with Gasteiger partial charge in [-0.1, -0.05) is 0 Å². The Morgan fingerprint density at radius 2 is 2.07 bits per heavy atom. The summed E-state index contributed by atoms with van der Waals surface area (Å²) in [6.07, 6.45) is -3.24. The van der Waals surface area contributed by atoms with Crippen LogP contribution in [0.5, 0.6) is 11.6 Å². The molecule has 0 aliphatic carbocycles. The van der Waals surface area contributed by atoms with Crippen molar-refractivity contribution in [3.8, 4) is 11.6 Å². The van der Waals surface area contributed by atoms with E-state index in [-0.39, 0.29) is 22.9 Å². The third-order valence-corrected chi connectivity index (χ3v) is 4.29. The summed E-state index contributed by atoms with van der Waals surface area (Å²) in [6.45, 7) is -2.72. The van der Waals surface area contributed by atoms with E-state index in [0.29, 0.717) is 0 Å². The Hall–Kier alpha value is -3.08. The van der Waals surface area contributed by atoms with E-state index in [1.54, 1.807) is 0 Å². The van der Waals surface area contributed by atoms with Crippen molar-refractivity contribution in [2.45, 2.75) is 17.8 Å². The maximum absolute atomic E-state index is 13.6. The number of ether oxygens (including phenoxy) is 2. The van der Waals surface area contributed by atoms with Crippen LogP contribution in [0.1, 0.15) is 11.7 Å². The van der Waals surface area contributed by atoms with Crippen LogP contribution in [0.2, 0.25) is 0 Å². The fourth-order valence-corrected chi connectivity index (χ4v) is 2.74. The van der Waals surface area contributed by atoms with Gasteiger partial charge in [-0.2, -0.15) is 0 Å². The Morgan fingerprint density at radius 3 is 2.67 bits per heavy atom. The summed E-state index contributed by atoms with van der Waals surface area (Å²) in [5.74, 6) is -0.178. The summed E-state index contributed by atoms with van der Waals surface area (Å²) in [6, 6.07) is 5.75. The molecule has 1 aromatic carbocycles. The summed E-state index contributed by atoms with van der Waals surface area (Å²) < 4.78 is 39.0. The first-order chi connectivity index (χ1) is 12.8. The van der Waals surface area contributed by atoms with Gasteiger partial charge >= 0.3 is 0 Å². The lowest BCUT2D eigenvalue weighted by molar-refractivity contribution is -0.385. The van der Waals surface area contributed by atoms with E-state index in [1.807, 2.05) is 0 Å². The number of nitro groups is 1. The van der Waals surface area contributed by atoms with Gasteiger partial charge in [-0.25, -0.2) is 13.5 Å². The fraction of sp³-hybridized carbons (Fsp3) is 0.375. The van der Waals surface area contributed by atoms with Crippen molar-refractivity contribution >= 4 is 5.69 Å². The van der Waals surface area contributed by atoms with Gasteiger partial charge in [0, 0.05) is 36.9 Å². The normalized spacial score (nSPS) is 20.4. The maximum Gasteiger partial charge on any atom is 0.270 e. The molecule has 3 rings (SSSR count). The van der Waals surface area contributed by atoms with Crippen LogP contribution >= 0.6 is 0 Å². The van der Waals surface area contributed by atoms with Crippen LogP contribution in [0.25, 0.3) is 0 Å². The monoisotopic (exact) mass is 383 g/mol. The van der Waals surface area contributed by atoms with E-state index >= 15 is 0 Å². The van der Waals surface area contributed by atoms with Gasteiger partial charge in [0.1, 0.15) is 25.2 Å². The second-order valence-electron chi connectivity index (χ2n) is 6.03. The number of halogens is 2. The van der Waals surface area contributed by atoms with Gasteiger partial charge in [-0.15, -0.1) is 5.10 Å². The SMILES string of the molecule is Cn1nc(OC2c3cc([N+](=O)[O-])ccc3OC(CF)(CF)C2O)ccc1=O. The highest BCUT2D eigenvalue weighted by atomic mass is 19.1. The Bertz CT molecular complexity index is 931. The molecule has 0 saturated carbocycles. The van der Waals surface area contributed by atoms with E-state index in [4.69, 9.17) is 9.47 Å². The van der Waals surface area contributed by atoms with E-state index < -0.39 is 41.6 Å². The second-order valence-corrected chi connectivity index (χ2v) is 6.03. The summed E-state index contributed by atoms with van der Waals surface area (Å²) in [5, 5.41) is 25.4. The number of nitrogens with zero attached hydrogens (tertiary/aromatic N) is 3. The van der Waals surface area contributed by atoms with Gasteiger partial charge in [0.05, 0.1) is 4.92 Å². The van der Waals surface area contributed by atoms with Gasteiger partial charge in [0.2, 0.25) is 5.88 Å². The molecule has 11 heteroatoms. The van der Waals surface area contributed by atoms with Crippen molar-refractivity contribution in [2.24, 2.45) is 7.05 Å². The predicted molar refractivity (Wildman–Crippen MR) is 87.3 cm³/mol. The largest absolute Gasteiger partial charge is 0.478 e. The van der Waals surface area contributed by atoms with Crippen LogP contribution in [-0.2, 0) is 7.05 Å². The lowest BCUT2D eigenvalue weighted by atomic mass is 9.87. The lowest BCUT2D eigenvalue weighted by Crippen LogP contribution is -2.57. The molecule has 27 heavy (non-hydrogen) atoms. The summed E-state index contributed by atoms with van der Waals surface area (Å²) in [4.78, 5) is 21.8. The molecule has 2 atom stereocenters. The molecule has 1 aromatic heterocycles. The van der Waals surface area contributed by atoms with E-state index in [1.165, 1.54) is 19.2 Å². The molecule has 1 aliphatic rings. The van der Waals surface area contributed by atoms with Crippen LogP contribution < -0.4 is 15.0 Å². The first-order valence-electron chi connectivity index (χ1n) is 7.79. The van der Waals surface area contributed by atoms with Gasteiger partial charge < -0.3 is 14.6 Å². The van der Waals surface area contributed by atoms with Gasteiger partial charge in [-0.3, -0.25) is 14.9 Å². The molecule has 0 spiro atoms. The molecular formula is C16H15F2N3O6. The van der Waals surface area contributed by atoms with Crippen LogP contribution in [0.3, 0.4) is 0 Å². The first-order valence-corrected chi connectivity index (χ1v) is 7.79. The van der Waals surface area contributed by atoms with Crippen LogP contribution in [0, 0.1) is 10.1 Å². The molecule has 1 N–H and O–H groups in total. The smallest absolute Gasteiger partial charge is 0.270 e. The zero-order valence-electron chi connectivity index (χ0n) is 14.0. The fourth-order valence-electron chi connectivity index (χ4n) is 2.74. The first kappa shape index (κ1) is 18.7. The van der Waals surface area contributed by atoms with Gasteiger partial charge in [-0.05, 0) is 6.07 Å². The number of aryl methyl sites for hydroxylation is 1. The summed E-state index contributed by atoms with van der Waals surface area (Å²) in [5.41, 5.74) is -2.94. The van der Waals surface area contributed by atoms with E-state index in [2.05, 4.69) is 5.10 Å². The minimum atomic E-state index is -2.23. The number of benzene rings is 1. The molecule has 0 bridgehead atoms. The average molecular weight is 383 g/mol. The Balaban J connectivity index is 2.10. The second kappa shape index (κ2) is 6.91. The third-order valence-electron chi connectivity index (χ3n) is 4.29. The number of hydrogen-bond donors (Lipinski definition) is 1. The molecule has 2 aromatic rings. The molecule has 2 unspecified atom stereocenters. The van der Waals surface area contributed by atoms with Crippen LogP contribution in [-0.4, -0.2) is 44.9 Å². The van der Waals surface area contributed by atoms with Crippen molar-refractivity contribution in [3.63, 3.8) is 0 Å². The number of aliphatic hydroxyl groups excluding tert-OH is 1. The maximum atomic E-state index is 13.6. The van der Waals surface area contributed by atoms with Gasteiger partial charge in [0.25, 0.3) is 11.2 Å². The number of rotatable bonds is 5. The predicted octanol–water partition coefficient (Wildman–Crippen LogP) is 1.24. The summed E-state index contributed by atoms with van der Waals surface area (Å²) >= 11 is 0. The van der Waals surface area contributed by atoms with Crippen molar-refractivity contribution < 1.29 is 28.3 Å². The topological polar surface area (TPSA) is 117 Å². The average Bonchev–Trinajstić information content (AvgIpc) is 2.66. The molecular weight excluding hydrogens is 368 g/mol. The number of hydrogen-bond acceptors (Lipinski definition) is 7. The highest BCUT2D eigenvalue weighted by Gasteiger charge is 2.52. The van der Waals surface area contributed by atoms with Crippen molar-refractivity contribution in [2.75, 3.05) is 13.3 Å². The number of nitro benzene ring substituents is 1. The zero-order valence-corrected chi connectivity index (χ0v) is 14.0. The number of fused-ring (bicyclic) bond motifs is 1. The molecule has 0 amide bonds. The minimum Gasteiger partial charge on any atom is -0.478 e. The van der Waals surface area contributed by atoms with Crippen molar-refractivity contribution in [1.29, 1.82) is 0 Å². The molecule has 0 saturated heterocycles.